The number of halogens is 3. The molecule has 11 nitrogen and oxygen atoms in total. The Kier molecular flexibility index (Phi) is 5.12. The molecule has 4 aromatic rings. The topological polar surface area (TPSA) is 157 Å². The third-order valence-electron chi connectivity index (χ3n) is 6.74. The van der Waals surface area contributed by atoms with Crippen molar-refractivity contribution in [3.8, 4) is 11.3 Å². The Morgan fingerprint density at radius 2 is 2.00 bits per heavy atom. The normalized spacial score (nSPS) is 16.6. The van der Waals surface area contributed by atoms with Crippen molar-refractivity contribution in [3.63, 3.8) is 0 Å². The summed E-state index contributed by atoms with van der Waals surface area (Å²) in [5.74, 6) is 0.0571. The van der Waals surface area contributed by atoms with E-state index in [9.17, 15) is 23.1 Å². The molecule has 14 heteroatoms. The Morgan fingerprint density at radius 1 is 1.22 bits per heavy atom. The zero-order valence-corrected chi connectivity index (χ0v) is 19.2. The van der Waals surface area contributed by atoms with E-state index >= 15 is 0 Å². The third-order valence-corrected chi connectivity index (χ3v) is 6.74. The van der Waals surface area contributed by atoms with Crippen LogP contribution in [0.4, 0.5) is 35.4 Å². The Labute approximate surface area is 206 Å². The largest absolute Gasteiger partial charge is 0.400 e. The van der Waals surface area contributed by atoms with Crippen molar-refractivity contribution in [1.29, 1.82) is 0 Å². The first kappa shape index (κ1) is 23.2. The number of aromatic nitrogens is 5. The third kappa shape index (κ3) is 3.93. The maximum atomic E-state index is 13.3. The van der Waals surface area contributed by atoms with Gasteiger partial charge in [-0.25, -0.2) is 19.4 Å². The maximum Gasteiger partial charge on any atom is 0.400 e. The lowest BCUT2D eigenvalue weighted by atomic mass is 10.0. The van der Waals surface area contributed by atoms with Crippen molar-refractivity contribution in [1.82, 2.24) is 24.9 Å². The molecular weight excluding hydrogens is 493 g/mol. The molecule has 3 aromatic heterocycles. The number of nitrogens with two attached hydrogens (primary N) is 1. The Morgan fingerprint density at radius 3 is 2.68 bits per heavy atom. The van der Waals surface area contributed by atoms with E-state index in [4.69, 9.17) is 15.4 Å². The van der Waals surface area contributed by atoms with E-state index in [1.165, 1.54) is 6.33 Å². The maximum absolute atomic E-state index is 13.3. The number of hydrogen-bond donors (Lipinski definition) is 4. The molecule has 192 valence electrons. The van der Waals surface area contributed by atoms with Gasteiger partial charge in [-0.3, -0.25) is 5.32 Å². The predicted molar refractivity (Wildman–Crippen MR) is 125 cm³/mol. The molecule has 2 saturated carbocycles. The standard InChI is InChI=1S/C23H21F3N8O3/c24-23(25,26)22(5-6-22)15-8-16(37-33-15)31-21(36)30-14-4-1-11(7-12(14)9-35)18-17-19(27)28-10-29-20(17)34(32-18)13-2-3-13/h1,4,7-8,10,13,35H,2-3,5-6,9H2,(H2,27,28,29)(H2,30,31,36). The van der Waals surface area contributed by atoms with Crippen LogP contribution in [-0.4, -0.2) is 42.2 Å². The number of nitrogens with zero attached hydrogens (tertiary/aromatic N) is 5. The number of nitrogen functional groups attached to an aromatic ring is 1. The average Bonchev–Trinajstić information content (AvgIpc) is 3.78. The number of benzene rings is 1. The van der Waals surface area contributed by atoms with Gasteiger partial charge in [-0.05, 0) is 37.8 Å². The number of alkyl halides is 3. The number of carbonyl (C=O) groups excluding carboxylic acids is 1. The molecule has 3 heterocycles. The first-order chi connectivity index (χ1) is 17.7. The van der Waals surface area contributed by atoms with E-state index in [1.807, 2.05) is 4.68 Å². The van der Waals surface area contributed by atoms with E-state index in [1.54, 1.807) is 18.2 Å². The lowest BCUT2D eigenvalue weighted by molar-refractivity contribution is -0.161. The Hall–Kier alpha value is -4.20. The van der Waals surface area contributed by atoms with Crippen LogP contribution in [0.3, 0.4) is 0 Å². The number of fused-ring (bicyclic) bond motifs is 1. The number of carbonyl (C=O) groups is 1. The van der Waals surface area contributed by atoms with Crippen molar-refractivity contribution >= 4 is 34.5 Å². The van der Waals surface area contributed by atoms with Gasteiger partial charge in [0.2, 0.25) is 5.88 Å². The average molecular weight is 514 g/mol. The minimum absolute atomic E-state index is 0.0766. The summed E-state index contributed by atoms with van der Waals surface area (Å²) in [7, 11) is 0. The summed E-state index contributed by atoms with van der Waals surface area (Å²) in [6.07, 6.45) is -1.23. The molecule has 0 aliphatic heterocycles. The highest BCUT2D eigenvalue weighted by atomic mass is 19.4. The monoisotopic (exact) mass is 514 g/mol. The van der Waals surface area contributed by atoms with E-state index in [0.29, 0.717) is 27.9 Å². The number of anilines is 3. The quantitative estimate of drug-likeness (QED) is 0.299. The van der Waals surface area contributed by atoms with Gasteiger partial charge in [0, 0.05) is 22.9 Å². The van der Waals surface area contributed by atoms with Crippen LogP contribution in [0.1, 0.15) is 43.0 Å². The summed E-state index contributed by atoms with van der Waals surface area (Å²) >= 11 is 0. The van der Waals surface area contributed by atoms with Crippen molar-refractivity contribution in [2.45, 2.75) is 49.9 Å². The predicted octanol–water partition coefficient (Wildman–Crippen LogP) is 4.13. The number of nitrogens with one attached hydrogen (secondary N) is 2. The lowest BCUT2D eigenvalue weighted by Gasteiger charge is -2.15. The fourth-order valence-electron chi connectivity index (χ4n) is 4.40. The first-order valence-electron chi connectivity index (χ1n) is 11.5. The summed E-state index contributed by atoms with van der Waals surface area (Å²) in [4.78, 5) is 20.9. The van der Waals surface area contributed by atoms with Crippen LogP contribution >= 0.6 is 0 Å². The van der Waals surface area contributed by atoms with Crippen LogP contribution in [0.5, 0.6) is 0 Å². The van der Waals surface area contributed by atoms with E-state index in [2.05, 4.69) is 25.8 Å². The summed E-state index contributed by atoms with van der Waals surface area (Å²) in [6.45, 7) is -0.405. The van der Waals surface area contributed by atoms with Crippen LogP contribution in [0.2, 0.25) is 0 Å². The van der Waals surface area contributed by atoms with Gasteiger partial charge in [-0.15, -0.1) is 0 Å². The molecule has 2 aliphatic rings. The van der Waals surface area contributed by atoms with E-state index in [-0.39, 0.29) is 42.0 Å². The fraction of sp³-hybridized carbons (Fsp3) is 0.348. The smallest absolute Gasteiger partial charge is 0.392 e. The minimum Gasteiger partial charge on any atom is -0.392 e. The van der Waals surface area contributed by atoms with Gasteiger partial charge < -0.3 is 20.7 Å². The van der Waals surface area contributed by atoms with Crippen LogP contribution in [-0.2, 0) is 12.0 Å². The van der Waals surface area contributed by atoms with Crippen molar-refractivity contribution < 1.29 is 27.6 Å². The van der Waals surface area contributed by atoms with Gasteiger partial charge in [0.05, 0.1) is 18.0 Å². The number of rotatable bonds is 6. The number of aliphatic hydroxyl groups is 1. The van der Waals surface area contributed by atoms with Crippen molar-refractivity contribution in [2.24, 2.45) is 0 Å². The summed E-state index contributed by atoms with van der Waals surface area (Å²) in [5, 5.41) is 23.7. The van der Waals surface area contributed by atoms with Gasteiger partial charge in [-0.1, -0.05) is 11.2 Å². The number of urea groups is 1. The fourth-order valence-corrected chi connectivity index (χ4v) is 4.40. The Bertz CT molecular complexity index is 1520. The second kappa shape index (κ2) is 8.16. The molecule has 0 saturated heterocycles. The number of amides is 2. The van der Waals surface area contributed by atoms with Gasteiger partial charge in [0.15, 0.2) is 5.65 Å². The van der Waals surface area contributed by atoms with Crippen molar-refractivity contribution in [2.75, 3.05) is 16.4 Å². The molecule has 0 bridgehead atoms. The van der Waals surface area contributed by atoms with Gasteiger partial charge >= 0.3 is 12.2 Å². The highest BCUT2D eigenvalue weighted by molar-refractivity contribution is 6.01. The molecule has 2 fully saturated rings. The highest BCUT2D eigenvalue weighted by Gasteiger charge is 2.66. The van der Waals surface area contributed by atoms with Crippen LogP contribution in [0.25, 0.3) is 22.3 Å². The van der Waals surface area contributed by atoms with E-state index < -0.39 is 24.2 Å². The van der Waals surface area contributed by atoms with Crippen LogP contribution in [0.15, 0.2) is 35.1 Å². The lowest BCUT2D eigenvalue weighted by Crippen LogP contribution is -2.28. The summed E-state index contributed by atoms with van der Waals surface area (Å²) in [5.41, 5.74) is 6.33. The zero-order valence-electron chi connectivity index (χ0n) is 19.2. The molecule has 6 rings (SSSR count). The molecule has 5 N–H and O–H groups in total. The minimum atomic E-state index is -4.45. The molecular formula is C23H21F3N8O3. The van der Waals surface area contributed by atoms with Crippen LogP contribution in [0, 0.1) is 0 Å². The van der Waals surface area contributed by atoms with Crippen LogP contribution < -0.4 is 16.4 Å². The molecule has 0 radical (unpaired) electrons. The molecule has 0 atom stereocenters. The highest BCUT2D eigenvalue weighted by Crippen LogP contribution is 2.58. The molecule has 2 amide bonds. The Balaban J connectivity index is 1.23. The SMILES string of the molecule is Nc1ncnc2c1c(-c1ccc(NC(=O)Nc3cc(C4(C(F)(F)F)CC4)no3)c(CO)c1)nn2C1CC1. The number of hydrogen-bond acceptors (Lipinski definition) is 8. The molecule has 0 spiro atoms. The number of aliphatic hydroxyl groups excluding tert-OH is 1. The van der Waals surface area contributed by atoms with Gasteiger partial charge in [-0.2, -0.15) is 18.3 Å². The zero-order chi connectivity index (χ0) is 25.9. The molecule has 1 aromatic carbocycles. The first-order valence-corrected chi connectivity index (χ1v) is 11.5. The molecule has 37 heavy (non-hydrogen) atoms. The van der Waals surface area contributed by atoms with E-state index in [0.717, 1.165) is 18.9 Å². The summed E-state index contributed by atoms with van der Waals surface area (Å²) in [6, 6.07) is 5.49. The van der Waals surface area contributed by atoms with Crippen molar-refractivity contribution in [3.05, 3.63) is 41.9 Å². The second-order valence-corrected chi connectivity index (χ2v) is 9.25. The molecule has 0 unspecified atom stereocenters. The molecule has 2 aliphatic carbocycles. The second-order valence-electron chi connectivity index (χ2n) is 9.25. The summed E-state index contributed by atoms with van der Waals surface area (Å²) < 4.78 is 46.7. The van der Waals surface area contributed by atoms with Gasteiger partial charge in [0.25, 0.3) is 0 Å². The van der Waals surface area contributed by atoms with Gasteiger partial charge in [0.1, 0.15) is 28.9 Å².